The van der Waals surface area contributed by atoms with Crippen molar-refractivity contribution in [1.29, 1.82) is 0 Å². The smallest absolute Gasteiger partial charge is 0.379 e. The van der Waals surface area contributed by atoms with Gasteiger partial charge in [0.25, 0.3) is 5.78 Å². The fourth-order valence-corrected chi connectivity index (χ4v) is 1.94. The molecule has 0 spiro atoms. The van der Waals surface area contributed by atoms with Crippen LogP contribution < -0.4 is 0 Å². The summed E-state index contributed by atoms with van der Waals surface area (Å²) in [6.45, 7) is 3.62. The Balaban J connectivity index is 2.00. The van der Waals surface area contributed by atoms with Crippen molar-refractivity contribution in [3.63, 3.8) is 0 Å². The molecule has 0 radical (unpaired) electrons. The summed E-state index contributed by atoms with van der Waals surface area (Å²) < 4.78 is 41.9. The molecule has 0 aliphatic carbocycles. The molecule has 1 saturated heterocycles. The van der Waals surface area contributed by atoms with Crippen molar-refractivity contribution in [2.75, 3.05) is 26.3 Å². The lowest BCUT2D eigenvalue weighted by molar-refractivity contribution is -0.0885. The lowest BCUT2D eigenvalue weighted by Gasteiger charge is -2.26. The van der Waals surface area contributed by atoms with Crippen molar-refractivity contribution in [3.05, 3.63) is 35.4 Å². The summed E-state index contributed by atoms with van der Waals surface area (Å²) in [4.78, 5) is 13.2. The van der Waals surface area contributed by atoms with E-state index in [1.165, 1.54) is 12.1 Å². The molecule has 0 aromatic heterocycles. The Kier molecular flexibility index (Phi) is 4.21. The predicted octanol–water partition coefficient (Wildman–Crippen LogP) is 2.26. The Hall–Kier alpha value is -1.40. The van der Waals surface area contributed by atoms with Crippen LogP contribution in [0.25, 0.3) is 0 Å². The van der Waals surface area contributed by atoms with Gasteiger partial charge in [0.1, 0.15) is 0 Å². The fraction of sp³-hybridized carbons (Fsp3) is 0.462. The third-order valence-corrected chi connectivity index (χ3v) is 2.98. The normalized spacial score (nSPS) is 17.4. The van der Waals surface area contributed by atoms with Crippen molar-refractivity contribution in [3.8, 4) is 0 Å². The van der Waals surface area contributed by atoms with Crippen LogP contribution in [0.2, 0.25) is 0 Å². The highest BCUT2D eigenvalue weighted by molar-refractivity contribution is 6.00. The van der Waals surface area contributed by atoms with Gasteiger partial charge in [0.2, 0.25) is 0 Å². The Bertz CT molecular complexity index is 436. The molecule has 2 rings (SSSR count). The second-order valence-electron chi connectivity index (χ2n) is 4.41. The highest BCUT2D eigenvalue weighted by Crippen LogP contribution is 2.21. The van der Waals surface area contributed by atoms with E-state index in [0.717, 1.165) is 18.7 Å². The summed E-state index contributed by atoms with van der Waals surface area (Å²) in [6, 6.07) is 5.58. The van der Waals surface area contributed by atoms with Crippen LogP contribution in [0.1, 0.15) is 15.9 Å². The second kappa shape index (κ2) is 5.71. The van der Waals surface area contributed by atoms with Gasteiger partial charge in [-0.05, 0) is 5.56 Å². The van der Waals surface area contributed by atoms with Crippen LogP contribution in [-0.4, -0.2) is 43.2 Å². The number of carbonyl (C=O) groups excluding carboxylic acids is 1. The molecule has 1 aromatic rings. The van der Waals surface area contributed by atoms with Gasteiger partial charge in [-0.3, -0.25) is 9.69 Å². The summed E-state index contributed by atoms with van der Waals surface area (Å²) in [5.74, 6) is -1.80. The van der Waals surface area contributed by atoms with Gasteiger partial charge < -0.3 is 4.74 Å². The minimum atomic E-state index is -4.81. The third kappa shape index (κ3) is 3.78. The van der Waals surface area contributed by atoms with Gasteiger partial charge in [-0.15, -0.1) is 0 Å². The molecule has 1 aliphatic rings. The Labute approximate surface area is 109 Å². The zero-order valence-corrected chi connectivity index (χ0v) is 10.2. The highest BCUT2D eigenvalue weighted by Gasteiger charge is 2.39. The lowest BCUT2D eigenvalue weighted by Crippen LogP contribution is -2.35. The van der Waals surface area contributed by atoms with Gasteiger partial charge in [-0.25, -0.2) is 0 Å². The van der Waals surface area contributed by atoms with E-state index in [9.17, 15) is 18.0 Å². The number of morpholine rings is 1. The van der Waals surface area contributed by atoms with Crippen LogP contribution >= 0.6 is 0 Å². The molecule has 0 atom stereocenters. The molecule has 1 heterocycles. The third-order valence-electron chi connectivity index (χ3n) is 2.98. The van der Waals surface area contributed by atoms with Crippen LogP contribution in [0.3, 0.4) is 0 Å². The first-order chi connectivity index (χ1) is 8.97. The summed E-state index contributed by atoms with van der Waals surface area (Å²) >= 11 is 0. The summed E-state index contributed by atoms with van der Waals surface area (Å²) in [6.07, 6.45) is -4.81. The molecule has 0 saturated carbocycles. The number of alkyl halides is 3. The number of hydrogen-bond acceptors (Lipinski definition) is 3. The number of rotatable bonds is 3. The van der Waals surface area contributed by atoms with Gasteiger partial charge in [0.15, 0.2) is 0 Å². The summed E-state index contributed by atoms with van der Waals surface area (Å²) in [7, 11) is 0. The Morgan fingerprint density at radius 1 is 1.16 bits per heavy atom. The molecule has 1 aromatic carbocycles. The number of nitrogens with zero attached hydrogens (tertiary/aromatic N) is 1. The van der Waals surface area contributed by atoms with Gasteiger partial charge >= 0.3 is 6.18 Å². The first kappa shape index (κ1) is 14.0. The molecular weight excluding hydrogens is 259 g/mol. The van der Waals surface area contributed by atoms with Crippen LogP contribution in [0, 0.1) is 0 Å². The SMILES string of the molecule is O=C(c1ccc(CN2CCOCC2)cc1)C(F)(F)F. The van der Waals surface area contributed by atoms with E-state index in [2.05, 4.69) is 4.90 Å². The molecule has 3 nitrogen and oxygen atoms in total. The number of Topliss-reactive ketones (excluding diaryl/α,β-unsaturated/α-hetero) is 1. The zero-order chi connectivity index (χ0) is 13.9. The number of carbonyl (C=O) groups is 1. The van der Waals surface area contributed by atoms with Gasteiger partial charge in [0, 0.05) is 25.2 Å². The monoisotopic (exact) mass is 273 g/mol. The van der Waals surface area contributed by atoms with E-state index in [-0.39, 0.29) is 5.56 Å². The topological polar surface area (TPSA) is 29.5 Å². The molecule has 6 heteroatoms. The maximum absolute atomic E-state index is 12.2. The van der Waals surface area contributed by atoms with Crippen LogP contribution in [-0.2, 0) is 11.3 Å². The summed E-state index contributed by atoms with van der Waals surface area (Å²) in [5.41, 5.74) is 0.568. The first-order valence-electron chi connectivity index (χ1n) is 5.97. The zero-order valence-electron chi connectivity index (χ0n) is 10.2. The number of benzene rings is 1. The Morgan fingerprint density at radius 3 is 2.26 bits per heavy atom. The van der Waals surface area contributed by atoms with E-state index in [0.29, 0.717) is 19.8 Å². The fourth-order valence-electron chi connectivity index (χ4n) is 1.94. The quantitative estimate of drug-likeness (QED) is 0.791. The molecule has 19 heavy (non-hydrogen) atoms. The van der Waals surface area contributed by atoms with E-state index >= 15 is 0 Å². The number of ketones is 1. The Morgan fingerprint density at radius 2 is 1.74 bits per heavy atom. The molecular formula is C13H14F3NO2. The predicted molar refractivity (Wildman–Crippen MR) is 62.9 cm³/mol. The van der Waals surface area contributed by atoms with Crippen molar-refractivity contribution in [1.82, 2.24) is 4.90 Å². The number of ether oxygens (including phenoxy) is 1. The largest absolute Gasteiger partial charge is 0.454 e. The molecule has 0 unspecified atom stereocenters. The van der Waals surface area contributed by atoms with Crippen LogP contribution in [0.5, 0.6) is 0 Å². The van der Waals surface area contributed by atoms with Gasteiger partial charge in [-0.2, -0.15) is 13.2 Å². The van der Waals surface area contributed by atoms with Crippen LogP contribution in [0.4, 0.5) is 13.2 Å². The van der Waals surface area contributed by atoms with Crippen molar-refractivity contribution >= 4 is 5.78 Å². The van der Waals surface area contributed by atoms with Gasteiger partial charge in [0.05, 0.1) is 13.2 Å². The number of hydrogen-bond donors (Lipinski definition) is 0. The van der Waals surface area contributed by atoms with E-state index < -0.39 is 12.0 Å². The molecule has 1 aliphatic heterocycles. The lowest BCUT2D eigenvalue weighted by atomic mass is 10.1. The van der Waals surface area contributed by atoms with Gasteiger partial charge in [-0.1, -0.05) is 24.3 Å². The van der Waals surface area contributed by atoms with Crippen molar-refractivity contribution < 1.29 is 22.7 Å². The first-order valence-corrected chi connectivity index (χ1v) is 5.97. The minimum absolute atomic E-state index is 0.321. The highest BCUT2D eigenvalue weighted by atomic mass is 19.4. The average molecular weight is 273 g/mol. The molecule has 0 amide bonds. The average Bonchev–Trinajstić information content (AvgIpc) is 2.39. The minimum Gasteiger partial charge on any atom is -0.379 e. The molecule has 104 valence electrons. The standard InChI is InChI=1S/C13H14F3NO2/c14-13(15,16)12(18)11-3-1-10(2-4-11)9-17-5-7-19-8-6-17/h1-4H,5-9H2. The molecule has 1 fully saturated rings. The van der Waals surface area contributed by atoms with Crippen LogP contribution in [0.15, 0.2) is 24.3 Å². The maximum atomic E-state index is 12.2. The van der Waals surface area contributed by atoms with E-state index in [4.69, 9.17) is 4.74 Å². The maximum Gasteiger partial charge on any atom is 0.454 e. The van der Waals surface area contributed by atoms with E-state index in [1.807, 2.05) is 0 Å². The molecule has 0 N–H and O–H groups in total. The second-order valence-corrected chi connectivity index (χ2v) is 4.41. The molecule has 0 bridgehead atoms. The van der Waals surface area contributed by atoms with Crippen molar-refractivity contribution in [2.24, 2.45) is 0 Å². The number of halogens is 3. The summed E-state index contributed by atoms with van der Waals surface area (Å²) in [5, 5.41) is 0. The van der Waals surface area contributed by atoms with E-state index in [1.54, 1.807) is 12.1 Å². The van der Waals surface area contributed by atoms with Crippen molar-refractivity contribution in [2.45, 2.75) is 12.7 Å².